The van der Waals surface area contributed by atoms with Crippen molar-refractivity contribution in [1.82, 2.24) is 4.90 Å². The standard InChI is InChI=1S/C17H25NO3/c1-12-8-13(2)10-14(9-12)11-18-6-4-15(5-7-18)16(19)17(20)21-3/h8-10,15-16,19H,4-7,11H2,1-3H3. The van der Waals surface area contributed by atoms with E-state index in [1.807, 2.05) is 0 Å². The highest BCUT2D eigenvalue weighted by Gasteiger charge is 2.30. The van der Waals surface area contributed by atoms with E-state index in [1.54, 1.807) is 0 Å². The Morgan fingerprint density at radius 1 is 1.29 bits per heavy atom. The second-order valence-electron chi connectivity index (χ2n) is 6.08. The fraction of sp³-hybridized carbons (Fsp3) is 0.588. The number of rotatable bonds is 4. The van der Waals surface area contributed by atoms with E-state index >= 15 is 0 Å². The Hall–Kier alpha value is -1.39. The van der Waals surface area contributed by atoms with Gasteiger partial charge >= 0.3 is 5.97 Å². The van der Waals surface area contributed by atoms with Crippen molar-refractivity contribution in [1.29, 1.82) is 0 Å². The molecule has 1 saturated heterocycles. The number of likely N-dealkylation sites (tertiary alicyclic amines) is 1. The molecule has 1 N–H and O–H groups in total. The van der Waals surface area contributed by atoms with Crippen molar-refractivity contribution in [2.45, 2.75) is 39.3 Å². The minimum absolute atomic E-state index is 0.0212. The van der Waals surface area contributed by atoms with Crippen molar-refractivity contribution in [2.24, 2.45) is 5.92 Å². The summed E-state index contributed by atoms with van der Waals surface area (Å²) in [6, 6.07) is 6.63. The lowest BCUT2D eigenvalue weighted by atomic mass is 9.91. The molecule has 0 aliphatic carbocycles. The first kappa shape index (κ1) is 16.0. The summed E-state index contributed by atoms with van der Waals surface area (Å²) in [5.74, 6) is -0.490. The van der Waals surface area contributed by atoms with E-state index in [9.17, 15) is 9.90 Å². The lowest BCUT2D eigenvalue weighted by Crippen LogP contribution is -2.40. The van der Waals surface area contributed by atoms with E-state index in [2.05, 4.69) is 41.7 Å². The summed E-state index contributed by atoms with van der Waals surface area (Å²) in [5.41, 5.74) is 3.92. The van der Waals surface area contributed by atoms with Crippen LogP contribution in [0, 0.1) is 19.8 Å². The number of carbonyl (C=O) groups excluding carboxylic acids is 1. The fourth-order valence-electron chi connectivity index (χ4n) is 3.16. The molecule has 0 bridgehead atoms. The Bertz CT molecular complexity index is 473. The fourth-order valence-corrected chi connectivity index (χ4v) is 3.16. The summed E-state index contributed by atoms with van der Waals surface area (Å²) in [6.45, 7) is 6.99. The van der Waals surface area contributed by atoms with Crippen LogP contribution in [-0.2, 0) is 16.1 Å². The number of hydrogen-bond acceptors (Lipinski definition) is 4. The van der Waals surface area contributed by atoms with Gasteiger partial charge in [0.15, 0.2) is 6.10 Å². The van der Waals surface area contributed by atoms with Crippen LogP contribution in [0.2, 0.25) is 0 Å². The average Bonchev–Trinajstić information content (AvgIpc) is 2.45. The van der Waals surface area contributed by atoms with Crippen LogP contribution in [-0.4, -0.2) is 42.3 Å². The molecule has 1 aromatic carbocycles. The van der Waals surface area contributed by atoms with Gasteiger partial charge in [0, 0.05) is 6.54 Å². The highest BCUT2D eigenvalue weighted by atomic mass is 16.5. The molecule has 0 saturated carbocycles. The second kappa shape index (κ2) is 7.05. The molecule has 116 valence electrons. The van der Waals surface area contributed by atoms with Crippen LogP contribution < -0.4 is 0 Å². The van der Waals surface area contributed by atoms with E-state index < -0.39 is 12.1 Å². The summed E-state index contributed by atoms with van der Waals surface area (Å²) in [5, 5.41) is 9.90. The van der Waals surface area contributed by atoms with Crippen molar-refractivity contribution < 1.29 is 14.6 Å². The molecule has 1 unspecified atom stereocenters. The summed E-state index contributed by atoms with van der Waals surface area (Å²) in [7, 11) is 1.32. The minimum Gasteiger partial charge on any atom is -0.467 e. The van der Waals surface area contributed by atoms with Gasteiger partial charge in [-0.2, -0.15) is 0 Å². The first-order valence-corrected chi connectivity index (χ1v) is 7.55. The Balaban J connectivity index is 1.88. The van der Waals surface area contributed by atoms with Crippen molar-refractivity contribution in [3.8, 4) is 0 Å². The lowest BCUT2D eigenvalue weighted by molar-refractivity contribution is -0.154. The SMILES string of the molecule is COC(=O)C(O)C1CCN(Cc2cc(C)cc(C)c2)CC1. The maximum atomic E-state index is 11.4. The smallest absolute Gasteiger partial charge is 0.334 e. The van der Waals surface area contributed by atoms with Crippen LogP contribution in [0.3, 0.4) is 0 Å². The zero-order valence-electron chi connectivity index (χ0n) is 13.1. The maximum absolute atomic E-state index is 11.4. The van der Waals surface area contributed by atoms with Gasteiger partial charge < -0.3 is 9.84 Å². The molecule has 1 heterocycles. The Morgan fingerprint density at radius 3 is 2.38 bits per heavy atom. The number of benzene rings is 1. The average molecular weight is 291 g/mol. The van der Waals surface area contributed by atoms with Crippen LogP contribution in [0.25, 0.3) is 0 Å². The molecule has 0 spiro atoms. The van der Waals surface area contributed by atoms with Gasteiger partial charge in [-0.1, -0.05) is 29.3 Å². The quantitative estimate of drug-likeness (QED) is 0.863. The number of hydrogen-bond donors (Lipinski definition) is 1. The number of aliphatic hydroxyl groups is 1. The van der Waals surface area contributed by atoms with E-state index in [4.69, 9.17) is 0 Å². The monoisotopic (exact) mass is 291 g/mol. The van der Waals surface area contributed by atoms with Crippen LogP contribution in [0.5, 0.6) is 0 Å². The predicted molar refractivity (Wildman–Crippen MR) is 81.9 cm³/mol. The zero-order chi connectivity index (χ0) is 15.4. The third kappa shape index (κ3) is 4.29. The van der Waals surface area contributed by atoms with Gasteiger partial charge in [0.1, 0.15) is 0 Å². The molecule has 1 aliphatic rings. The largest absolute Gasteiger partial charge is 0.467 e. The molecule has 0 amide bonds. The minimum atomic E-state index is -0.974. The van der Waals surface area contributed by atoms with Gasteiger partial charge in [0.2, 0.25) is 0 Å². The van der Waals surface area contributed by atoms with Crippen LogP contribution >= 0.6 is 0 Å². The molecule has 4 nitrogen and oxygen atoms in total. The topological polar surface area (TPSA) is 49.8 Å². The number of ether oxygens (including phenoxy) is 1. The highest BCUT2D eigenvalue weighted by molar-refractivity contribution is 5.74. The van der Waals surface area contributed by atoms with Gasteiger partial charge in [-0.05, 0) is 51.3 Å². The molecule has 0 radical (unpaired) electrons. The Kier molecular flexibility index (Phi) is 5.37. The van der Waals surface area contributed by atoms with Crippen molar-refractivity contribution in [2.75, 3.05) is 20.2 Å². The van der Waals surface area contributed by atoms with Crippen molar-refractivity contribution in [3.63, 3.8) is 0 Å². The van der Waals surface area contributed by atoms with Gasteiger partial charge in [0.05, 0.1) is 7.11 Å². The first-order chi connectivity index (χ1) is 9.99. The van der Waals surface area contributed by atoms with Crippen LogP contribution in [0.15, 0.2) is 18.2 Å². The summed E-state index contributed by atoms with van der Waals surface area (Å²) < 4.78 is 4.61. The molecule has 21 heavy (non-hydrogen) atoms. The maximum Gasteiger partial charge on any atom is 0.334 e. The van der Waals surface area contributed by atoms with Crippen molar-refractivity contribution >= 4 is 5.97 Å². The van der Waals surface area contributed by atoms with Crippen LogP contribution in [0.4, 0.5) is 0 Å². The molecular formula is C17H25NO3. The van der Waals surface area contributed by atoms with Gasteiger partial charge in [0.25, 0.3) is 0 Å². The number of aliphatic hydroxyl groups excluding tert-OH is 1. The number of carbonyl (C=O) groups is 1. The summed E-state index contributed by atoms with van der Waals surface area (Å²) in [6.07, 6.45) is 0.695. The third-order valence-electron chi connectivity index (χ3n) is 4.21. The number of nitrogens with zero attached hydrogens (tertiary/aromatic N) is 1. The summed E-state index contributed by atoms with van der Waals surface area (Å²) >= 11 is 0. The Labute approximate surface area is 126 Å². The lowest BCUT2D eigenvalue weighted by Gasteiger charge is -2.33. The Morgan fingerprint density at radius 2 is 1.86 bits per heavy atom. The molecular weight excluding hydrogens is 266 g/mol. The zero-order valence-corrected chi connectivity index (χ0v) is 13.1. The van der Waals surface area contributed by atoms with E-state index in [-0.39, 0.29) is 5.92 Å². The first-order valence-electron chi connectivity index (χ1n) is 7.55. The summed E-state index contributed by atoms with van der Waals surface area (Å²) in [4.78, 5) is 13.8. The highest BCUT2D eigenvalue weighted by Crippen LogP contribution is 2.23. The van der Waals surface area contributed by atoms with E-state index in [0.29, 0.717) is 0 Å². The number of piperidine rings is 1. The van der Waals surface area contributed by atoms with Gasteiger partial charge in [-0.25, -0.2) is 4.79 Å². The van der Waals surface area contributed by atoms with Gasteiger partial charge in [-0.3, -0.25) is 4.90 Å². The van der Waals surface area contributed by atoms with E-state index in [1.165, 1.54) is 23.8 Å². The molecule has 1 atom stereocenters. The molecule has 0 aromatic heterocycles. The molecule has 1 fully saturated rings. The number of esters is 1. The molecule has 1 aromatic rings. The van der Waals surface area contributed by atoms with Crippen LogP contribution in [0.1, 0.15) is 29.5 Å². The molecule has 4 heteroatoms. The number of methoxy groups -OCH3 is 1. The van der Waals surface area contributed by atoms with Gasteiger partial charge in [-0.15, -0.1) is 0 Å². The third-order valence-corrected chi connectivity index (χ3v) is 4.21. The van der Waals surface area contributed by atoms with Crippen molar-refractivity contribution in [3.05, 3.63) is 34.9 Å². The number of aryl methyl sites for hydroxylation is 2. The molecule has 1 aliphatic heterocycles. The second-order valence-corrected chi connectivity index (χ2v) is 6.08. The normalized spacial score (nSPS) is 18.5. The predicted octanol–water partition coefficient (Wildman–Crippen LogP) is 2.05. The molecule has 2 rings (SSSR count). The van der Waals surface area contributed by atoms with E-state index in [0.717, 1.165) is 32.5 Å².